The molecule has 0 N–H and O–H groups in total. The van der Waals surface area contributed by atoms with Gasteiger partial charge >= 0.3 is 6.18 Å². The van der Waals surface area contributed by atoms with E-state index in [0.717, 1.165) is 12.1 Å². The first kappa shape index (κ1) is 17.5. The zero-order valence-corrected chi connectivity index (χ0v) is 12.5. The molecular formula is C15H13F3O4S. The zero-order valence-electron chi connectivity index (χ0n) is 11.7. The van der Waals surface area contributed by atoms with Crippen molar-refractivity contribution in [2.45, 2.75) is 24.0 Å². The first-order valence-electron chi connectivity index (χ1n) is 6.49. The number of hydrogen-bond donors (Lipinski definition) is 0. The van der Waals surface area contributed by atoms with Crippen molar-refractivity contribution in [1.82, 2.24) is 0 Å². The van der Waals surface area contributed by atoms with E-state index in [4.69, 9.17) is 0 Å². The fraction of sp³-hybridized carbons (Fsp3) is 0.200. The molecule has 0 aliphatic rings. The standard InChI is InChI=1S/C15H13F3O4S/c16-15(17,18)14(21-11-12-7-3-1-4-8-12)22-23(19,20)13-9-5-2-6-10-13/h1-10,14H,11H2/t14-/m1/s1. The highest BCUT2D eigenvalue weighted by Crippen LogP contribution is 2.28. The van der Waals surface area contributed by atoms with Gasteiger partial charge in [0.15, 0.2) is 0 Å². The molecule has 2 aromatic rings. The van der Waals surface area contributed by atoms with Crippen LogP contribution in [0.1, 0.15) is 5.56 Å². The Hall–Kier alpha value is -1.90. The van der Waals surface area contributed by atoms with Gasteiger partial charge in [-0.3, -0.25) is 0 Å². The van der Waals surface area contributed by atoms with Gasteiger partial charge in [0.2, 0.25) is 0 Å². The molecule has 0 aromatic heterocycles. The van der Waals surface area contributed by atoms with E-state index in [2.05, 4.69) is 8.92 Å². The molecule has 124 valence electrons. The van der Waals surface area contributed by atoms with E-state index in [9.17, 15) is 21.6 Å². The summed E-state index contributed by atoms with van der Waals surface area (Å²) in [5, 5.41) is 0. The molecule has 0 aliphatic heterocycles. The molecule has 4 nitrogen and oxygen atoms in total. The Bertz CT molecular complexity index is 715. The maximum atomic E-state index is 13.0. The third kappa shape index (κ3) is 5.05. The smallest absolute Gasteiger partial charge is 0.339 e. The second-order valence-corrected chi connectivity index (χ2v) is 6.11. The molecule has 2 aromatic carbocycles. The molecule has 0 bridgehead atoms. The van der Waals surface area contributed by atoms with Gasteiger partial charge in [-0.25, -0.2) is 4.18 Å². The minimum Gasteiger partial charge on any atom is -0.339 e. The molecule has 1 atom stereocenters. The molecule has 0 aliphatic carbocycles. The van der Waals surface area contributed by atoms with Gasteiger partial charge in [0, 0.05) is 0 Å². The van der Waals surface area contributed by atoms with Crippen LogP contribution >= 0.6 is 0 Å². The van der Waals surface area contributed by atoms with Gasteiger partial charge in [-0.2, -0.15) is 21.6 Å². The summed E-state index contributed by atoms with van der Waals surface area (Å²) < 4.78 is 71.5. The lowest BCUT2D eigenvalue weighted by atomic mass is 10.2. The minimum atomic E-state index is -4.99. The van der Waals surface area contributed by atoms with Crippen molar-refractivity contribution in [1.29, 1.82) is 0 Å². The summed E-state index contributed by atoms with van der Waals surface area (Å²) in [4.78, 5) is -0.377. The van der Waals surface area contributed by atoms with Crippen LogP contribution in [0.4, 0.5) is 13.2 Å². The van der Waals surface area contributed by atoms with Crippen LogP contribution in [0.5, 0.6) is 0 Å². The van der Waals surface area contributed by atoms with Gasteiger partial charge in [0.05, 0.1) is 11.5 Å². The Kier molecular flexibility index (Phi) is 5.40. The highest BCUT2D eigenvalue weighted by molar-refractivity contribution is 7.86. The van der Waals surface area contributed by atoms with E-state index < -0.39 is 29.2 Å². The number of ether oxygens (including phenoxy) is 1. The molecule has 0 radical (unpaired) electrons. The number of alkyl halides is 3. The summed E-state index contributed by atoms with van der Waals surface area (Å²) in [6.07, 6.45) is -7.87. The van der Waals surface area contributed by atoms with E-state index in [0.29, 0.717) is 5.56 Å². The van der Waals surface area contributed by atoms with Crippen molar-refractivity contribution >= 4 is 10.1 Å². The first-order valence-corrected chi connectivity index (χ1v) is 7.90. The highest BCUT2D eigenvalue weighted by Gasteiger charge is 2.45. The quantitative estimate of drug-likeness (QED) is 0.593. The summed E-state index contributed by atoms with van der Waals surface area (Å²) in [5.74, 6) is 0. The number of halogens is 3. The third-order valence-corrected chi connectivity index (χ3v) is 4.04. The summed E-state index contributed by atoms with van der Waals surface area (Å²) in [7, 11) is -4.59. The topological polar surface area (TPSA) is 52.6 Å². The van der Waals surface area contributed by atoms with Crippen molar-refractivity contribution in [2.24, 2.45) is 0 Å². The van der Waals surface area contributed by atoms with Gasteiger partial charge in [0.1, 0.15) is 0 Å². The third-order valence-electron chi connectivity index (χ3n) is 2.76. The Balaban J connectivity index is 2.13. The Morgan fingerprint density at radius 2 is 1.43 bits per heavy atom. The predicted molar refractivity (Wildman–Crippen MR) is 75.8 cm³/mol. The van der Waals surface area contributed by atoms with Crippen LogP contribution in [-0.4, -0.2) is 20.9 Å². The van der Waals surface area contributed by atoms with Crippen LogP contribution in [0, 0.1) is 0 Å². The minimum absolute atomic E-state index is 0.377. The second-order valence-electron chi connectivity index (χ2n) is 4.53. The largest absolute Gasteiger partial charge is 0.441 e. The van der Waals surface area contributed by atoms with Crippen LogP contribution in [0.2, 0.25) is 0 Å². The van der Waals surface area contributed by atoms with Gasteiger partial charge in [-0.1, -0.05) is 48.5 Å². The molecule has 8 heteroatoms. The molecule has 23 heavy (non-hydrogen) atoms. The SMILES string of the molecule is O=S(=O)(O[C@@H](OCc1ccccc1)C(F)(F)F)c1ccccc1. The van der Waals surface area contributed by atoms with Crippen LogP contribution in [-0.2, 0) is 25.6 Å². The van der Waals surface area contributed by atoms with E-state index in [-0.39, 0.29) is 4.90 Å². The molecule has 0 heterocycles. The Morgan fingerprint density at radius 1 is 0.913 bits per heavy atom. The summed E-state index contributed by atoms with van der Waals surface area (Å²) in [6, 6.07) is 14.6. The van der Waals surface area contributed by atoms with Crippen molar-refractivity contribution in [2.75, 3.05) is 0 Å². The molecule has 2 rings (SSSR count). The molecular weight excluding hydrogens is 333 g/mol. The van der Waals surface area contributed by atoms with Gasteiger partial charge in [0.25, 0.3) is 16.4 Å². The summed E-state index contributed by atoms with van der Waals surface area (Å²) >= 11 is 0. The fourth-order valence-electron chi connectivity index (χ4n) is 1.68. The highest BCUT2D eigenvalue weighted by atomic mass is 32.2. The lowest BCUT2D eigenvalue weighted by molar-refractivity contribution is -0.284. The normalized spacial score (nSPS) is 13.7. The lowest BCUT2D eigenvalue weighted by Crippen LogP contribution is -2.36. The molecule has 0 saturated carbocycles. The molecule has 0 spiro atoms. The molecule has 0 saturated heterocycles. The molecule has 0 amide bonds. The number of hydrogen-bond acceptors (Lipinski definition) is 4. The molecule has 0 fully saturated rings. The van der Waals surface area contributed by atoms with E-state index in [1.807, 2.05) is 0 Å². The fourth-order valence-corrected chi connectivity index (χ4v) is 2.68. The Labute approximate surface area is 131 Å². The van der Waals surface area contributed by atoms with Crippen LogP contribution in [0.25, 0.3) is 0 Å². The van der Waals surface area contributed by atoms with E-state index >= 15 is 0 Å². The molecule has 0 unspecified atom stereocenters. The average Bonchev–Trinajstić information content (AvgIpc) is 2.52. The van der Waals surface area contributed by atoms with Crippen LogP contribution in [0.15, 0.2) is 65.6 Å². The zero-order chi connectivity index (χ0) is 16.9. The van der Waals surface area contributed by atoms with Gasteiger partial charge < -0.3 is 4.74 Å². The maximum Gasteiger partial charge on any atom is 0.441 e. The average molecular weight is 346 g/mol. The van der Waals surface area contributed by atoms with Crippen molar-refractivity contribution in [3.63, 3.8) is 0 Å². The van der Waals surface area contributed by atoms with E-state index in [1.165, 1.54) is 18.2 Å². The van der Waals surface area contributed by atoms with Crippen LogP contribution < -0.4 is 0 Å². The Morgan fingerprint density at radius 3 is 1.96 bits per heavy atom. The first-order chi connectivity index (χ1) is 10.8. The monoisotopic (exact) mass is 346 g/mol. The lowest BCUT2D eigenvalue weighted by Gasteiger charge is -2.20. The summed E-state index contributed by atoms with van der Waals surface area (Å²) in [6.45, 7) is -0.435. The second kappa shape index (κ2) is 7.12. The van der Waals surface area contributed by atoms with Crippen LogP contribution in [0.3, 0.4) is 0 Å². The number of rotatable bonds is 6. The van der Waals surface area contributed by atoms with Gasteiger partial charge in [-0.05, 0) is 17.7 Å². The van der Waals surface area contributed by atoms with E-state index in [1.54, 1.807) is 30.3 Å². The van der Waals surface area contributed by atoms with Crippen molar-refractivity contribution < 1.29 is 30.5 Å². The number of benzene rings is 2. The maximum absolute atomic E-state index is 13.0. The van der Waals surface area contributed by atoms with Crippen molar-refractivity contribution in [3.8, 4) is 0 Å². The van der Waals surface area contributed by atoms with Crippen molar-refractivity contribution in [3.05, 3.63) is 66.2 Å². The predicted octanol–water partition coefficient (Wildman–Crippen LogP) is 3.50. The van der Waals surface area contributed by atoms with Gasteiger partial charge in [-0.15, -0.1) is 0 Å². The summed E-state index contributed by atoms with van der Waals surface area (Å²) in [5.41, 5.74) is 0.461.